The Balaban J connectivity index is 0.000000704. The first-order valence-electron chi connectivity index (χ1n) is 6.73. The molecule has 0 aromatic heterocycles. The third-order valence-electron chi connectivity index (χ3n) is 3.26. The highest BCUT2D eigenvalue weighted by atomic mass is 16.6. The van der Waals surface area contributed by atoms with E-state index in [0.717, 1.165) is 21.5 Å². The fourth-order valence-corrected chi connectivity index (χ4v) is 2.39. The Morgan fingerprint density at radius 3 is 2.20 bits per heavy atom. The number of nitrogens with zero attached hydrogens (tertiary/aromatic N) is 1. The van der Waals surface area contributed by atoms with Crippen LogP contribution in [0.5, 0.6) is 0 Å². The fourth-order valence-electron chi connectivity index (χ4n) is 2.39. The first kappa shape index (κ1) is 14.0. The molecule has 0 aliphatic rings. The van der Waals surface area contributed by atoms with Gasteiger partial charge in [-0.15, -0.1) is 0 Å². The molecule has 0 saturated heterocycles. The largest absolute Gasteiger partial charge is 0.270 e. The number of fused-ring (bicyclic) bond motifs is 3. The molecule has 0 unspecified atom stereocenters. The molecule has 0 atom stereocenters. The summed E-state index contributed by atoms with van der Waals surface area (Å²) in [6.07, 6.45) is 0. The van der Waals surface area contributed by atoms with E-state index in [1.807, 2.05) is 44.2 Å². The van der Waals surface area contributed by atoms with Gasteiger partial charge in [-0.05, 0) is 40.1 Å². The fraction of sp³-hybridized carbons (Fsp3) is 0.176. The second-order valence-corrected chi connectivity index (χ2v) is 4.40. The number of non-ortho nitro benzene ring substituents is 1. The molecule has 20 heavy (non-hydrogen) atoms. The zero-order valence-corrected chi connectivity index (χ0v) is 11.9. The monoisotopic (exact) mass is 267 g/mol. The normalized spacial score (nSPS) is 10.2. The van der Waals surface area contributed by atoms with Crippen LogP contribution < -0.4 is 0 Å². The SMILES string of the molecule is CC.Cc1cc2ccc([N+](=O)[O-])cc2c2ccccc12. The Labute approximate surface area is 118 Å². The van der Waals surface area contributed by atoms with E-state index in [0.29, 0.717) is 0 Å². The van der Waals surface area contributed by atoms with Crippen LogP contribution in [0.25, 0.3) is 21.5 Å². The van der Waals surface area contributed by atoms with E-state index in [1.54, 1.807) is 12.1 Å². The molecule has 0 aliphatic heterocycles. The molecule has 0 amide bonds. The summed E-state index contributed by atoms with van der Waals surface area (Å²) < 4.78 is 0. The highest BCUT2D eigenvalue weighted by Gasteiger charge is 2.09. The lowest BCUT2D eigenvalue weighted by molar-refractivity contribution is -0.384. The van der Waals surface area contributed by atoms with Gasteiger partial charge in [-0.25, -0.2) is 0 Å². The van der Waals surface area contributed by atoms with Gasteiger partial charge < -0.3 is 0 Å². The van der Waals surface area contributed by atoms with Gasteiger partial charge in [0.15, 0.2) is 0 Å². The minimum Gasteiger partial charge on any atom is -0.258 e. The summed E-state index contributed by atoms with van der Waals surface area (Å²) in [5.74, 6) is 0. The summed E-state index contributed by atoms with van der Waals surface area (Å²) in [7, 11) is 0. The van der Waals surface area contributed by atoms with Gasteiger partial charge in [0.05, 0.1) is 4.92 Å². The zero-order chi connectivity index (χ0) is 14.7. The summed E-state index contributed by atoms with van der Waals surface area (Å²) in [4.78, 5) is 10.5. The lowest BCUT2D eigenvalue weighted by Crippen LogP contribution is -1.88. The minimum atomic E-state index is -0.353. The summed E-state index contributed by atoms with van der Waals surface area (Å²) in [5, 5.41) is 15.0. The van der Waals surface area contributed by atoms with Gasteiger partial charge in [-0.3, -0.25) is 10.1 Å². The van der Waals surface area contributed by atoms with Crippen LogP contribution in [0.1, 0.15) is 19.4 Å². The second kappa shape index (κ2) is 5.70. The van der Waals surface area contributed by atoms with Crippen LogP contribution in [-0.2, 0) is 0 Å². The molecule has 3 nitrogen and oxygen atoms in total. The maximum atomic E-state index is 10.9. The lowest BCUT2D eigenvalue weighted by atomic mass is 9.98. The van der Waals surface area contributed by atoms with E-state index in [4.69, 9.17) is 0 Å². The molecule has 0 N–H and O–H groups in total. The van der Waals surface area contributed by atoms with E-state index in [-0.39, 0.29) is 10.6 Å². The number of nitro groups is 1. The van der Waals surface area contributed by atoms with Crippen molar-refractivity contribution < 1.29 is 4.92 Å². The average Bonchev–Trinajstić information content (AvgIpc) is 2.49. The molecule has 0 heterocycles. The van der Waals surface area contributed by atoms with Crippen molar-refractivity contribution in [1.82, 2.24) is 0 Å². The molecule has 0 spiro atoms. The van der Waals surface area contributed by atoms with E-state index >= 15 is 0 Å². The maximum absolute atomic E-state index is 10.9. The van der Waals surface area contributed by atoms with Crippen molar-refractivity contribution in [3.8, 4) is 0 Å². The van der Waals surface area contributed by atoms with Crippen molar-refractivity contribution >= 4 is 27.2 Å². The summed E-state index contributed by atoms with van der Waals surface area (Å²) in [6, 6.07) is 15.1. The van der Waals surface area contributed by atoms with E-state index < -0.39 is 0 Å². The molecule has 3 aromatic rings. The van der Waals surface area contributed by atoms with Gasteiger partial charge >= 0.3 is 0 Å². The molecule has 0 radical (unpaired) electrons. The van der Waals surface area contributed by atoms with Gasteiger partial charge in [-0.1, -0.05) is 44.2 Å². The molecule has 0 aliphatic carbocycles. The topological polar surface area (TPSA) is 43.1 Å². The van der Waals surface area contributed by atoms with Crippen molar-refractivity contribution in [2.24, 2.45) is 0 Å². The third-order valence-corrected chi connectivity index (χ3v) is 3.26. The summed E-state index contributed by atoms with van der Waals surface area (Å²) >= 11 is 0. The average molecular weight is 267 g/mol. The van der Waals surface area contributed by atoms with Crippen LogP contribution in [0.3, 0.4) is 0 Å². The van der Waals surface area contributed by atoms with Gasteiger partial charge in [0, 0.05) is 12.1 Å². The molecule has 0 fully saturated rings. The molecule has 102 valence electrons. The second-order valence-electron chi connectivity index (χ2n) is 4.40. The first-order valence-corrected chi connectivity index (χ1v) is 6.73. The molecule has 0 bridgehead atoms. The number of rotatable bonds is 1. The lowest BCUT2D eigenvalue weighted by Gasteiger charge is -2.07. The number of aryl methyl sites for hydroxylation is 1. The van der Waals surface area contributed by atoms with Crippen LogP contribution >= 0.6 is 0 Å². The highest BCUT2D eigenvalue weighted by molar-refractivity contribution is 6.09. The molecular formula is C17H17NO2. The Hall–Kier alpha value is -2.42. The standard InChI is InChI=1S/C15H11NO2.C2H6/c1-10-8-11-6-7-12(16(17)18)9-15(11)14-5-3-2-4-13(10)14;1-2/h2-9H,1H3;1-2H3. The Kier molecular flexibility index (Phi) is 3.99. The Morgan fingerprint density at radius 2 is 1.55 bits per heavy atom. The van der Waals surface area contributed by atoms with E-state index in [9.17, 15) is 10.1 Å². The summed E-state index contributed by atoms with van der Waals surface area (Å²) in [5.41, 5.74) is 1.32. The minimum absolute atomic E-state index is 0.136. The first-order chi connectivity index (χ1) is 9.66. The van der Waals surface area contributed by atoms with Gasteiger partial charge in [0.1, 0.15) is 0 Å². The molecule has 3 heteroatoms. The molecule has 3 rings (SSSR count). The predicted molar refractivity (Wildman–Crippen MR) is 84.2 cm³/mol. The van der Waals surface area contributed by atoms with E-state index in [1.165, 1.54) is 5.56 Å². The Morgan fingerprint density at radius 1 is 0.900 bits per heavy atom. The zero-order valence-electron chi connectivity index (χ0n) is 11.9. The number of nitro benzene ring substituents is 1. The molecule has 3 aromatic carbocycles. The predicted octanol–water partition coefficient (Wildman–Crippen LogP) is 5.24. The smallest absolute Gasteiger partial charge is 0.258 e. The van der Waals surface area contributed by atoms with Crippen LogP contribution in [0.2, 0.25) is 0 Å². The highest BCUT2D eigenvalue weighted by Crippen LogP contribution is 2.30. The van der Waals surface area contributed by atoms with Crippen molar-refractivity contribution in [1.29, 1.82) is 0 Å². The van der Waals surface area contributed by atoms with Gasteiger partial charge in [-0.2, -0.15) is 0 Å². The van der Waals surface area contributed by atoms with Crippen molar-refractivity contribution in [2.75, 3.05) is 0 Å². The Bertz CT molecular complexity index is 778. The maximum Gasteiger partial charge on any atom is 0.270 e. The van der Waals surface area contributed by atoms with Crippen molar-refractivity contribution in [3.63, 3.8) is 0 Å². The van der Waals surface area contributed by atoms with E-state index in [2.05, 4.69) is 13.0 Å². The third kappa shape index (κ3) is 2.35. The van der Waals surface area contributed by atoms with Crippen molar-refractivity contribution in [3.05, 3.63) is 64.2 Å². The van der Waals surface area contributed by atoms with Gasteiger partial charge in [0.25, 0.3) is 5.69 Å². The van der Waals surface area contributed by atoms with Crippen molar-refractivity contribution in [2.45, 2.75) is 20.8 Å². The van der Waals surface area contributed by atoms with Crippen LogP contribution in [-0.4, -0.2) is 4.92 Å². The summed E-state index contributed by atoms with van der Waals surface area (Å²) in [6.45, 7) is 6.06. The molecule has 0 saturated carbocycles. The van der Waals surface area contributed by atoms with Crippen LogP contribution in [0, 0.1) is 17.0 Å². The quantitative estimate of drug-likeness (QED) is 0.344. The van der Waals surface area contributed by atoms with Gasteiger partial charge in [0.2, 0.25) is 0 Å². The number of hydrogen-bond donors (Lipinski definition) is 0. The van der Waals surface area contributed by atoms with Crippen LogP contribution in [0.15, 0.2) is 48.5 Å². The van der Waals surface area contributed by atoms with Crippen LogP contribution in [0.4, 0.5) is 5.69 Å². The number of hydrogen-bond acceptors (Lipinski definition) is 2. The molecular weight excluding hydrogens is 250 g/mol. The number of benzene rings is 3.